The first kappa shape index (κ1) is 18.5. The van der Waals surface area contributed by atoms with Crippen molar-refractivity contribution >= 4 is 33.4 Å². The van der Waals surface area contributed by atoms with Gasteiger partial charge in [0.2, 0.25) is 0 Å². The summed E-state index contributed by atoms with van der Waals surface area (Å²) in [5, 5.41) is 2.97. The molecule has 1 amide bonds. The van der Waals surface area contributed by atoms with Crippen molar-refractivity contribution in [2.75, 3.05) is 6.61 Å². The Morgan fingerprint density at radius 1 is 1.21 bits per heavy atom. The van der Waals surface area contributed by atoms with Gasteiger partial charge in [-0.15, -0.1) is 0 Å². The summed E-state index contributed by atoms with van der Waals surface area (Å²) < 4.78 is 35.2. The quantitative estimate of drug-likeness (QED) is 0.722. The zero-order valence-corrected chi connectivity index (χ0v) is 14.6. The van der Waals surface area contributed by atoms with Gasteiger partial charge < -0.3 is 14.8 Å². The SMILES string of the molecule is O=C(COc1ccccc1Cl)NCc1cc(Br)ccc1OC(F)F. The maximum Gasteiger partial charge on any atom is 0.387 e. The molecule has 2 aromatic rings. The van der Waals surface area contributed by atoms with E-state index in [1.165, 1.54) is 6.07 Å². The van der Waals surface area contributed by atoms with E-state index in [-0.39, 0.29) is 18.9 Å². The molecule has 0 saturated carbocycles. The normalized spacial score (nSPS) is 10.5. The number of nitrogens with one attached hydrogen (secondary N) is 1. The third-order valence-corrected chi connectivity index (χ3v) is 3.72. The van der Waals surface area contributed by atoms with Gasteiger partial charge >= 0.3 is 6.61 Å². The lowest BCUT2D eigenvalue weighted by molar-refractivity contribution is -0.123. The molecular formula is C16H13BrClF2NO3. The van der Waals surface area contributed by atoms with E-state index in [1.54, 1.807) is 36.4 Å². The molecule has 128 valence electrons. The van der Waals surface area contributed by atoms with Crippen molar-refractivity contribution in [1.82, 2.24) is 5.32 Å². The zero-order valence-electron chi connectivity index (χ0n) is 12.3. The van der Waals surface area contributed by atoms with Crippen LogP contribution in [0.4, 0.5) is 8.78 Å². The fourth-order valence-corrected chi connectivity index (χ4v) is 2.45. The van der Waals surface area contributed by atoms with E-state index < -0.39 is 12.5 Å². The highest BCUT2D eigenvalue weighted by atomic mass is 79.9. The van der Waals surface area contributed by atoms with Crippen LogP contribution in [0.15, 0.2) is 46.9 Å². The van der Waals surface area contributed by atoms with E-state index in [4.69, 9.17) is 16.3 Å². The van der Waals surface area contributed by atoms with E-state index in [9.17, 15) is 13.6 Å². The molecule has 24 heavy (non-hydrogen) atoms. The van der Waals surface area contributed by atoms with E-state index in [0.717, 1.165) is 0 Å². The monoisotopic (exact) mass is 419 g/mol. The molecule has 2 aromatic carbocycles. The van der Waals surface area contributed by atoms with Crippen molar-refractivity contribution in [1.29, 1.82) is 0 Å². The maximum atomic E-state index is 12.4. The van der Waals surface area contributed by atoms with Gasteiger partial charge in [0.15, 0.2) is 6.61 Å². The summed E-state index contributed by atoms with van der Waals surface area (Å²) in [6.45, 7) is -3.17. The fraction of sp³-hybridized carbons (Fsp3) is 0.188. The third-order valence-electron chi connectivity index (χ3n) is 2.91. The highest BCUT2D eigenvalue weighted by molar-refractivity contribution is 9.10. The van der Waals surface area contributed by atoms with Crippen molar-refractivity contribution < 1.29 is 23.0 Å². The zero-order chi connectivity index (χ0) is 17.5. The summed E-state index contributed by atoms with van der Waals surface area (Å²) in [6.07, 6.45) is 0. The number of carbonyl (C=O) groups is 1. The molecule has 2 rings (SSSR count). The molecule has 8 heteroatoms. The molecule has 0 radical (unpaired) electrons. The first-order valence-electron chi connectivity index (χ1n) is 6.83. The number of para-hydroxylation sites is 1. The van der Waals surface area contributed by atoms with Crippen LogP contribution < -0.4 is 14.8 Å². The minimum absolute atomic E-state index is 0.000484. The molecule has 0 aliphatic rings. The number of benzene rings is 2. The summed E-state index contributed by atoms with van der Waals surface area (Å²) in [6, 6.07) is 11.3. The smallest absolute Gasteiger partial charge is 0.387 e. The highest BCUT2D eigenvalue weighted by Crippen LogP contribution is 2.25. The molecule has 0 saturated heterocycles. The lowest BCUT2D eigenvalue weighted by atomic mass is 10.2. The van der Waals surface area contributed by atoms with Crippen molar-refractivity contribution in [2.45, 2.75) is 13.2 Å². The topological polar surface area (TPSA) is 47.6 Å². The van der Waals surface area contributed by atoms with Gasteiger partial charge in [0, 0.05) is 16.6 Å². The van der Waals surface area contributed by atoms with Crippen molar-refractivity contribution in [3.05, 3.63) is 57.5 Å². The van der Waals surface area contributed by atoms with E-state index >= 15 is 0 Å². The van der Waals surface area contributed by atoms with Crippen molar-refractivity contribution in [3.8, 4) is 11.5 Å². The number of ether oxygens (including phenoxy) is 2. The van der Waals surface area contributed by atoms with Gasteiger partial charge in [-0.1, -0.05) is 39.7 Å². The molecule has 1 N–H and O–H groups in total. The van der Waals surface area contributed by atoms with Gasteiger partial charge in [0.05, 0.1) is 5.02 Å². The molecular weight excluding hydrogens is 408 g/mol. The lowest BCUT2D eigenvalue weighted by Gasteiger charge is -2.12. The number of alkyl halides is 2. The van der Waals surface area contributed by atoms with Gasteiger partial charge in [-0.25, -0.2) is 0 Å². The number of hydrogen-bond donors (Lipinski definition) is 1. The molecule has 0 bridgehead atoms. The second kappa shape index (κ2) is 8.84. The Balaban J connectivity index is 1.92. The van der Waals surface area contributed by atoms with E-state index in [0.29, 0.717) is 20.8 Å². The standard InChI is InChI=1S/C16H13BrClF2NO3/c17-11-5-6-13(24-16(19)20)10(7-11)8-21-15(22)9-23-14-4-2-1-3-12(14)18/h1-7,16H,8-9H2,(H,21,22). The molecule has 0 fully saturated rings. The van der Waals surface area contributed by atoms with Crippen LogP contribution in [0.3, 0.4) is 0 Å². The Morgan fingerprint density at radius 2 is 1.96 bits per heavy atom. The van der Waals surface area contributed by atoms with Gasteiger partial charge in [-0.05, 0) is 30.3 Å². The molecule has 0 spiro atoms. The van der Waals surface area contributed by atoms with Crippen LogP contribution in [0.5, 0.6) is 11.5 Å². The van der Waals surface area contributed by atoms with Gasteiger partial charge in [0.1, 0.15) is 11.5 Å². The molecule has 0 aliphatic heterocycles. The molecule has 0 aromatic heterocycles. The Kier molecular flexibility index (Phi) is 6.81. The second-order valence-electron chi connectivity index (χ2n) is 4.63. The first-order chi connectivity index (χ1) is 11.5. The molecule has 0 atom stereocenters. The van der Waals surface area contributed by atoms with Crippen molar-refractivity contribution in [2.24, 2.45) is 0 Å². The largest absolute Gasteiger partial charge is 0.482 e. The average molecular weight is 421 g/mol. The Labute approximate surface area is 150 Å². The summed E-state index contributed by atoms with van der Waals surface area (Å²) in [5.41, 5.74) is 0.413. The van der Waals surface area contributed by atoms with Gasteiger partial charge in [-0.3, -0.25) is 4.79 Å². The minimum Gasteiger partial charge on any atom is -0.482 e. The van der Waals surface area contributed by atoms with Crippen molar-refractivity contribution in [3.63, 3.8) is 0 Å². The number of carbonyl (C=O) groups excluding carboxylic acids is 1. The number of amides is 1. The van der Waals surface area contributed by atoms with E-state index in [1.807, 2.05) is 0 Å². The van der Waals surface area contributed by atoms with Crippen LogP contribution in [0.25, 0.3) is 0 Å². The Hall–Kier alpha value is -1.86. The summed E-state index contributed by atoms with van der Waals surface area (Å²) in [7, 11) is 0. The van der Waals surface area contributed by atoms with E-state index in [2.05, 4.69) is 26.0 Å². The number of halogens is 4. The van der Waals surface area contributed by atoms with Crippen LogP contribution in [-0.2, 0) is 11.3 Å². The van der Waals surface area contributed by atoms with Crippen LogP contribution in [0.2, 0.25) is 5.02 Å². The Morgan fingerprint density at radius 3 is 2.67 bits per heavy atom. The number of hydrogen-bond acceptors (Lipinski definition) is 3. The van der Waals surface area contributed by atoms with Crippen LogP contribution in [0, 0.1) is 0 Å². The maximum absolute atomic E-state index is 12.4. The van der Waals surface area contributed by atoms with Crippen LogP contribution in [0.1, 0.15) is 5.56 Å². The summed E-state index contributed by atoms with van der Waals surface area (Å²) in [5.74, 6) is -0.0306. The van der Waals surface area contributed by atoms with Gasteiger partial charge in [0.25, 0.3) is 5.91 Å². The predicted octanol–water partition coefficient (Wildman–Crippen LogP) is 4.40. The minimum atomic E-state index is -2.94. The highest BCUT2D eigenvalue weighted by Gasteiger charge is 2.12. The molecule has 0 unspecified atom stereocenters. The summed E-state index contributed by atoms with van der Waals surface area (Å²) in [4.78, 5) is 11.8. The predicted molar refractivity (Wildman–Crippen MR) is 89.6 cm³/mol. The molecule has 0 aliphatic carbocycles. The number of rotatable bonds is 7. The average Bonchev–Trinajstić information content (AvgIpc) is 2.54. The Bertz CT molecular complexity index is 715. The third kappa shape index (κ3) is 5.65. The van der Waals surface area contributed by atoms with Crippen LogP contribution in [-0.4, -0.2) is 19.1 Å². The lowest BCUT2D eigenvalue weighted by Crippen LogP contribution is -2.28. The first-order valence-corrected chi connectivity index (χ1v) is 8.00. The van der Waals surface area contributed by atoms with Gasteiger partial charge in [-0.2, -0.15) is 8.78 Å². The van der Waals surface area contributed by atoms with Crippen LogP contribution >= 0.6 is 27.5 Å². The molecule has 0 heterocycles. The summed E-state index contributed by atoms with van der Waals surface area (Å²) >= 11 is 9.16. The molecule has 4 nitrogen and oxygen atoms in total. The fourth-order valence-electron chi connectivity index (χ4n) is 1.85. The second-order valence-corrected chi connectivity index (χ2v) is 5.95.